The number of anilines is 2. The number of urea groups is 1. The Morgan fingerprint density at radius 2 is 1.97 bits per heavy atom. The first-order chi connectivity index (χ1) is 14.6. The van der Waals surface area contributed by atoms with E-state index in [1.165, 1.54) is 6.33 Å². The van der Waals surface area contributed by atoms with E-state index in [2.05, 4.69) is 44.4 Å². The Morgan fingerprint density at radius 1 is 1.17 bits per heavy atom. The SMILES string of the molecule is C[C@@H]1CN(c2ccccc2NC(=O)NCc2ccc(-n3cncn3)nc2)C[C@@H](C)O1. The zero-order valence-electron chi connectivity index (χ0n) is 17.0. The molecule has 2 aromatic heterocycles. The van der Waals surface area contributed by atoms with Crippen molar-refractivity contribution in [3.8, 4) is 5.82 Å². The van der Waals surface area contributed by atoms with E-state index in [1.54, 1.807) is 17.2 Å². The molecule has 0 aliphatic carbocycles. The average molecular weight is 407 g/mol. The lowest BCUT2D eigenvalue weighted by atomic mass is 10.1. The molecule has 156 valence electrons. The van der Waals surface area contributed by atoms with Crippen molar-refractivity contribution in [2.45, 2.75) is 32.6 Å². The summed E-state index contributed by atoms with van der Waals surface area (Å²) < 4.78 is 7.40. The molecule has 2 N–H and O–H groups in total. The van der Waals surface area contributed by atoms with Crippen molar-refractivity contribution in [3.63, 3.8) is 0 Å². The Bertz CT molecular complexity index is 965. The molecule has 4 rings (SSSR count). The van der Waals surface area contributed by atoms with Gasteiger partial charge in [-0.2, -0.15) is 5.10 Å². The minimum absolute atomic E-state index is 0.142. The molecule has 3 heterocycles. The van der Waals surface area contributed by atoms with E-state index in [-0.39, 0.29) is 18.2 Å². The minimum Gasteiger partial charge on any atom is -0.372 e. The van der Waals surface area contributed by atoms with Gasteiger partial charge in [-0.1, -0.05) is 18.2 Å². The summed E-state index contributed by atoms with van der Waals surface area (Å²) in [6.07, 6.45) is 5.03. The van der Waals surface area contributed by atoms with Gasteiger partial charge >= 0.3 is 6.03 Å². The number of morpholine rings is 1. The van der Waals surface area contributed by atoms with Gasteiger partial charge in [0, 0.05) is 25.8 Å². The van der Waals surface area contributed by atoms with Crippen LogP contribution < -0.4 is 15.5 Å². The summed E-state index contributed by atoms with van der Waals surface area (Å²) in [5.41, 5.74) is 2.66. The summed E-state index contributed by atoms with van der Waals surface area (Å²) >= 11 is 0. The second kappa shape index (κ2) is 8.91. The molecule has 1 saturated heterocycles. The van der Waals surface area contributed by atoms with Crippen LogP contribution in [0.4, 0.5) is 16.2 Å². The molecular formula is C21H25N7O2. The van der Waals surface area contributed by atoms with E-state index in [0.717, 1.165) is 30.0 Å². The Hall–Kier alpha value is -3.46. The predicted molar refractivity (Wildman–Crippen MR) is 114 cm³/mol. The lowest BCUT2D eigenvalue weighted by Crippen LogP contribution is -2.45. The fourth-order valence-electron chi connectivity index (χ4n) is 3.56. The van der Waals surface area contributed by atoms with Crippen LogP contribution in [0, 0.1) is 0 Å². The molecule has 0 saturated carbocycles. The maximum absolute atomic E-state index is 12.5. The third-order valence-electron chi connectivity index (χ3n) is 4.83. The minimum atomic E-state index is -0.267. The summed E-state index contributed by atoms with van der Waals surface area (Å²) in [4.78, 5) is 23.0. The standard InChI is InChI=1S/C21H25N7O2/c1-15-11-27(12-16(2)30-15)19-6-4-3-5-18(19)26-21(29)24-10-17-7-8-20(23-9-17)28-14-22-13-25-28/h3-9,13-16H,10-12H2,1-2H3,(H2,24,26,29)/t15-,16-/m1/s1. The van der Waals surface area contributed by atoms with Crippen molar-refractivity contribution in [1.29, 1.82) is 0 Å². The van der Waals surface area contributed by atoms with E-state index in [1.807, 2.05) is 36.4 Å². The van der Waals surface area contributed by atoms with Gasteiger partial charge in [0.15, 0.2) is 5.82 Å². The predicted octanol–water partition coefficient (Wildman–Crippen LogP) is 2.60. The summed E-state index contributed by atoms with van der Waals surface area (Å²) in [6, 6.07) is 11.3. The number of hydrogen-bond acceptors (Lipinski definition) is 6. The first-order valence-electron chi connectivity index (χ1n) is 9.92. The van der Waals surface area contributed by atoms with E-state index < -0.39 is 0 Å². The van der Waals surface area contributed by atoms with Crippen LogP contribution in [0.3, 0.4) is 0 Å². The van der Waals surface area contributed by atoms with Crippen LogP contribution in [-0.4, -0.2) is 51.1 Å². The zero-order chi connectivity index (χ0) is 20.9. The number of pyridine rings is 1. The molecule has 9 heteroatoms. The summed E-state index contributed by atoms with van der Waals surface area (Å²) in [7, 11) is 0. The maximum atomic E-state index is 12.5. The van der Waals surface area contributed by atoms with Gasteiger partial charge in [0.05, 0.1) is 23.6 Å². The van der Waals surface area contributed by atoms with Gasteiger partial charge < -0.3 is 20.3 Å². The topological polar surface area (TPSA) is 97.2 Å². The number of para-hydroxylation sites is 2. The van der Waals surface area contributed by atoms with Crippen molar-refractivity contribution in [3.05, 3.63) is 60.8 Å². The van der Waals surface area contributed by atoms with Gasteiger partial charge in [-0.3, -0.25) is 0 Å². The molecule has 2 amide bonds. The third-order valence-corrected chi connectivity index (χ3v) is 4.83. The Kier molecular flexibility index (Phi) is 5.89. The maximum Gasteiger partial charge on any atom is 0.319 e. The first-order valence-corrected chi connectivity index (χ1v) is 9.92. The van der Waals surface area contributed by atoms with E-state index in [9.17, 15) is 4.79 Å². The lowest BCUT2D eigenvalue weighted by molar-refractivity contribution is -0.00517. The van der Waals surface area contributed by atoms with Crippen LogP contribution in [0.15, 0.2) is 55.2 Å². The zero-order valence-corrected chi connectivity index (χ0v) is 17.0. The first kappa shape index (κ1) is 19.8. The Labute approximate surface area is 175 Å². The van der Waals surface area contributed by atoms with E-state index >= 15 is 0 Å². The monoisotopic (exact) mass is 407 g/mol. The summed E-state index contributed by atoms with van der Waals surface area (Å²) in [5.74, 6) is 0.670. The molecular weight excluding hydrogens is 382 g/mol. The summed E-state index contributed by atoms with van der Waals surface area (Å²) in [6.45, 7) is 6.06. The Morgan fingerprint density at radius 3 is 2.67 bits per heavy atom. The molecule has 1 fully saturated rings. The molecule has 0 unspecified atom stereocenters. The number of amides is 2. The molecule has 2 atom stereocenters. The second-order valence-electron chi connectivity index (χ2n) is 7.35. The van der Waals surface area contributed by atoms with Crippen molar-refractivity contribution >= 4 is 17.4 Å². The number of ether oxygens (including phenoxy) is 1. The second-order valence-corrected chi connectivity index (χ2v) is 7.35. The third kappa shape index (κ3) is 4.74. The number of benzene rings is 1. The van der Waals surface area contributed by atoms with Gasteiger partial charge in [0.25, 0.3) is 0 Å². The molecule has 0 radical (unpaired) electrons. The van der Waals surface area contributed by atoms with Crippen LogP contribution in [0.5, 0.6) is 0 Å². The van der Waals surface area contributed by atoms with E-state index in [4.69, 9.17) is 4.74 Å². The van der Waals surface area contributed by atoms with Crippen LogP contribution in [-0.2, 0) is 11.3 Å². The lowest BCUT2D eigenvalue weighted by Gasteiger charge is -2.37. The van der Waals surface area contributed by atoms with Crippen LogP contribution in [0.2, 0.25) is 0 Å². The fraction of sp³-hybridized carbons (Fsp3) is 0.333. The van der Waals surface area contributed by atoms with Gasteiger partial charge in [-0.05, 0) is 37.6 Å². The largest absolute Gasteiger partial charge is 0.372 e. The highest BCUT2D eigenvalue weighted by atomic mass is 16.5. The Balaban J connectivity index is 1.36. The van der Waals surface area contributed by atoms with Crippen LogP contribution in [0.1, 0.15) is 19.4 Å². The highest BCUT2D eigenvalue weighted by molar-refractivity contribution is 5.93. The number of rotatable bonds is 5. The van der Waals surface area contributed by atoms with Gasteiger partial charge in [-0.25, -0.2) is 19.4 Å². The van der Waals surface area contributed by atoms with Crippen molar-refractivity contribution < 1.29 is 9.53 Å². The van der Waals surface area contributed by atoms with Crippen LogP contribution in [0.25, 0.3) is 5.82 Å². The highest BCUT2D eigenvalue weighted by Crippen LogP contribution is 2.28. The number of nitrogens with one attached hydrogen (secondary N) is 2. The highest BCUT2D eigenvalue weighted by Gasteiger charge is 2.24. The summed E-state index contributed by atoms with van der Waals surface area (Å²) in [5, 5.41) is 9.89. The number of carbonyl (C=O) groups excluding carboxylic acids is 1. The molecule has 9 nitrogen and oxygen atoms in total. The number of nitrogens with zero attached hydrogens (tertiary/aromatic N) is 5. The molecule has 30 heavy (non-hydrogen) atoms. The molecule has 3 aromatic rings. The van der Waals surface area contributed by atoms with Crippen LogP contribution >= 0.6 is 0 Å². The average Bonchev–Trinajstić information content (AvgIpc) is 3.27. The number of hydrogen-bond donors (Lipinski definition) is 2. The van der Waals surface area contributed by atoms with E-state index in [0.29, 0.717) is 12.4 Å². The molecule has 0 spiro atoms. The molecule has 1 aromatic carbocycles. The van der Waals surface area contributed by atoms with Crippen molar-refractivity contribution in [2.24, 2.45) is 0 Å². The normalized spacial score (nSPS) is 18.8. The molecule has 1 aliphatic rings. The smallest absolute Gasteiger partial charge is 0.319 e. The fourth-order valence-corrected chi connectivity index (χ4v) is 3.56. The quantitative estimate of drug-likeness (QED) is 0.675. The molecule has 1 aliphatic heterocycles. The van der Waals surface area contributed by atoms with Crippen molar-refractivity contribution in [2.75, 3.05) is 23.3 Å². The van der Waals surface area contributed by atoms with Crippen molar-refractivity contribution in [1.82, 2.24) is 25.1 Å². The number of aromatic nitrogens is 4. The van der Waals surface area contributed by atoms with Gasteiger partial charge in [0.1, 0.15) is 12.7 Å². The molecule has 0 bridgehead atoms. The van der Waals surface area contributed by atoms with Gasteiger partial charge in [0.2, 0.25) is 0 Å². The number of carbonyl (C=O) groups is 1. The van der Waals surface area contributed by atoms with Gasteiger partial charge in [-0.15, -0.1) is 0 Å².